The smallest absolute Gasteiger partial charge is 0.193 e. The third kappa shape index (κ3) is 6.52. The van der Waals surface area contributed by atoms with Gasteiger partial charge in [-0.25, -0.2) is 0 Å². The number of hydrogen-bond donors (Lipinski definition) is 1. The molecule has 0 bridgehead atoms. The normalized spacial score (nSPS) is 11.8. The Hall–Kier alpha value is -1.01. The van der Waals surface area contributed by atoms with Crippen molar-refractivity contribution in [2.75, 3.05) is 34.4 Å². The van der Waals surface area contributed by atoms with Crippen molar-refractivity contribution in [1.29, 1.82) is 0 Å². The Labute approximate surface area is 136 Å². The Morgan fingerprint density at radius 1 is 1.43 bits per heavy atom. The Balaban J connectivity index is 2.36. The van der Waals surface area contributed by atoms with Crippen LogP contribution in [0.15, 0.2) is 21.7 Å². The topological polar surface area (TPSA) is 41.8 Å². The van der Waals surface area contributed by atoms with E-state index in [1.54, 1.807) is 7.11 Å². The zero-order valence-electron chi connectivity index (χ0n) is 13.5. The van der Waals surface area contributed by atoms with E-state index in [1.165, 1.54) is 12.1 Å². The molecule has 0 aliphatic carbocycles. The standard InChI is InChI=1S/C15H27BrN4O/c1-17-15(18-8-6-5-7-9-21-4)20(3)12-14-10-13(16)11-19(14)2/h10-11H,5-9,12H2,1-4H3,(H,17,18). The summed E-state index contributed by atoms with van der Waals surface area (Å²) >= 11 is 3.50. The molecule has 1 heterocycles. The molecule has 0 radical (unpaired) electrons. The van der Waals surface area contributed by atoms with Crippen molar-refractivity contribution in [3.63, 3.8) is 0 Å². The third-order valence-corrected chi connectivity index (χ3v) is 3.79. The monoisotopic (exact) mass is 358 g/mol. The summed E-state index contributed by atoms with van der Waals surface area (Å²) in [6, 6.07) is 2.13. The molecule has 0 aromatic carbocycles. The summed E-state index contributed by atoms with van der Waals surface area (Å²) in [6.45, 7) is 2.61. The van der Waals surface area contributed by atoms with Crippen LogP contribution in [0.1, 0.15) is 25.0 Å². The van der Waals surface area contributed by atoms with E-state index in [-0.39, 0.29) is 0 Å². The predicted molar refractivity (Wildman–Crippen MR) is 91.7 cm³/mol. The first-order valence-electron chi connectivity index (χ1n) is 7.30. The highest BCUT2D eigenvalue weighted by Crippen LogP contribution is 2.14. The van der Waals surface area contributed by atoms with Gasteiger partial charge in [0.15, 0.2) is 5.96 Å². The van der Waals surface area contributed by atoms with E-state index in [4.69, 9.17) is 4.74 Å². The van der Waals surface area contributed by atoms with Gasteiger partial charge >= 0.3 is 0 Å². The van der Waals surface area contributed by atoms with Crippen molar-refractivity contribution < 1.29 is 4.74 Å². The summed E-state index contributed by atoms with van der Waals surface area (Å²) in [5.41, 5.74) is 1.24. The minimum absolute atomic E-state index is 0.825. The number of aromatic nitrogens is 1. The van der Waals surface area contributed by atoms with Crippen LogP contribution in [0.25, 0.3) is 0 Å². The van der Waals surface area contributed by atoms with Crippen LogP contribution in [0.5, 0.6) is 0 Å². The first kappa shape index (κ1) is 18.0. The molecule has 21 heavy (non-hydrogen) atoms. The lowest BCUT2D eigenvalue weighted by Gasteiger charge is -2.22. The molecule has 0 unspecified atom stereocenters. The van der Waals surface area contributed by atoms with Gasteiger partial charge in [0.1, 0.15) is 0 Å². The predicted octanol–water partition coefficient (Wildman–Crippen LogP) is 2.61. The second kappa shape index (κ2) is 9.84. The average Bonchev–Trinajstić information content (AvgIpc) is 2.76. The number of ether oxygens (including phenoxy) is 1. The maximum atomic E-state index is 5.05. The van der Waals surface area contributed by atoms with Crippen LogP contribution in [-0.2, 0) is 18.3 Å². The van der Waals surface area contributed by atoms with Gasteiger partial charge in [0.05, 0.1) is 6.54 Å². The molecule has 1 aromatic rings. The molecular formula is C15H27BrN4O. The van der Waals surface area contributed by atoms with Crippen LogP contribution in [-0.4, -0.2) is 49.8 Å². The van der Waals surface area contributed by atoms with E-state index < -0.39 is 0 Å². The highest BCUT2D eigenvalue weighted by atomic mass is 79.9. The molecule has 1 rings (SSSR count). The lowest BCUT2D eigenvalue weighted by molar-refractivity contribution is 0.192. The first-order chi connectivity index (χ1) is 10.1. The fraction of sp³-hybridized carbons (Fsp3) is 0.667. The summed E-state index contributed by atoms with van der Waals surface area (Å²) < 4.78 is 8.28. The summed E-state index contributed by atoms with van der Waals surface area (Å²) in [5.74, 6) is 0.930. The quantitative estimate of drug-likeness (QED) is 0.441. The number of hydrogen-bond acceptors (Lipinski definition) is 2. The number of aryl methyl sites for hydroxylation is 1. The van der Waals surface area contributed by atoms with Gasteiger partial charge in [-0.05, 0) is 41.3 Å². The Morgan fingerprint density at radius 2 is 2.19 bits per heavy atom. The number of nitrogens with one attached hydrogen (secondary N) is 1. The number of rotatable bonds is 8. The van der Waals surface area contributed by atoms with Gasteiger partial charge in [0.25, 0.3) is 0 Å². The molecule has 0 amide bonds. The van der Waals surface area contributed by atoms with E-state index in [9.17, 15) is 0 Å². The minimum Gasteiger partial charge on any atom is -0.385 e. The number of nitrogens with zero attached hydrogens (tertiary/aromatic N) is 3. The molecule has 0 atom stereocenters. The first-order valence-corrected chi connectivity index (χ1v) is 8.09. The van der Waals surface area contributed by atoms with Crippen LogP contribution in [0.4, 0.5) is 0 Å². The number of halogens is 1. The van der Waals surface area contributed by atoms with Crippen molar-refractivity contribution in [2.45, 2.75) is 25.8 Å². The molecule has 120 valence electrons. The van der Waals surface area contributed by atoms with Gasteiger partial charge < -0.3 is 19.5 Å². The van der Waals surface area contributed by atoms with Gasteiger partial charge in [-0.15, -0.1) is 0 Å². The van der Waals surface area contributed by atoms with Gasteiger partial charge in [-0.3, -0.25) is 4.99 Å². The summed E-state index contributed by atoms with van der Waals surface area (Å²) in [7, 11) is 7.68. The number of guanidine groups is 1. The zero-order valence-corrected chi connectivity index (χ0v) is 15.1. The van der Waals surface area contributed by atoms with Crippen LogP contribution < -0.4 is 5.32 Å². The van der Waals surface area contributed by atoms with Crippen LogP contribution in [0.2, 0.25) is 0 Å². The molecule has 1 N–H and O–H groups in total. The van der Waals surface area contributed by atoms with Gasteiger partial charge in [-0.2, -0.15) is 0 Å². The van der Waals surface area contributed by atoms with E-state index in [1.807, 2.05) is 7.05 Å². The molecule has 1 aromatic heterocycles. The molecule has 5 nitrogen and oxygen atoms in total. The van der Waals surface area contributed by atoms with Crippen LogP contribution in [0, 0.1) is 0 Å². The molecule has 0 saturated heterocycles. The van der Waals surface area contributed by atoms with Crippen LogP contribution in [0.3, 0.4) is 0 Å². The maximum Gasteiger partial charge on any atom is 0.193 e. The lowest BCUT2D eigenvalue weighted by Crippen LogP contribution is -2.39. The van der Waals surface area contributed by atoms with Crippen molar-refractivity contribution in [3.05, 3.63) is 22.4 Å². The molecule has 0 aliphatic heterocycles. The van der Waals surface area contributed by atoms with Crippen LogP contribution >= 0.6 is 15.9 Å². The van der Waals surface area contributed by atoms with Crippen molar-refractivity contribution in [1.82, 2.24) is 14.8 Å². The van der Waals surface area contributed by atoms with Gasteiger partial charge in [-0.1, -0.05) is 0 Å². The highest BCUT2D eigenvalue weighted by Gasteiger charge is 2.09. The van der Waals surface area contributed by atoms with Gasteiger partial charge in [0, 0.05) is 57.8 Å². The fourth-order valence-electron chi connectivity index (χ4n) is 2.17. The van der Waals surface area contributed by atoms with E-state index in [0.717, 1.165) is 43.0 Å². The maximum absolute atomic E-state index is 5.05. The highest BCUT2D eigenvalue weighted by molar-refractivity contribution is 9.10. The summed E-state index contributed by atoms with van der Waals surface area (Å²) in [6.07, 6.45) is 5.48. The molecule has 0 saturated carbocycles. The van der Waals surface area contributed by atoms with E-state index >= 15 is 0 Å². The second-order valence-electron chi connectivity index (χ2n) is 5.14. The van der Waals surface area contributed by atoms with Crippen molar-refractivity contribution in [3.8, 4) is 0 Å². The third-order valence-electron chi connectivity index (χ3n) is 3.36. The minimum atomic E-state index is 0.825. The largest absolute Gasteiger partial charge is 0.385 e. The van der Waals surface area contributed by atoms with Gasteiger partial charge in [0.2, 0.25) is 0 Å². The van der Waals surface area contributed by atoms with E-state index in [2.05, 4.69) is 62.1 Å². The fourth-order valence-corrected chi connectivity index (χ4v) is 2.75. The van der Waals surface area contributed by atoms with Crippen molar-refractivity contribution in [2.24, 2.45) is 12.0 Å². The molecule has 0 aliphatic rings. The number of methoxy groups -OCH3 is 1. The Kier molecular flexibility index (Phi) is 8.45. The zero-order chi connectivity index (χ0) is 15.7. The Bertz CT molecular complexity index is 445. The SMILES string of the molecule is CN=C(NCCCCCOC)N(C)Cc1cc(Br)cn1C. The molecule has 0 fully saturated rings. The molecule has 6 heteroatoms. The Morgan fingerprint density at radius 3 is 2.76 bits per heavy atom. The number of unbranched alkanes of at least 4 members (excludes halogenated alkanes) is 2. The number of aliphatic imine (C=N–C) groups is 1. The summed E-state index contributed by atoms with van der Waals surface area (Å²) in [4.78, 5) is 6.48. The lowest BCUT2D eigenvalue weighted by atomic mass is 10.2. The average molecular weight is 359 g/mol. The molecular weight excluding hydrogens is 332 g/mol. The summed E-state index contributed by atoms with van der Waals surface area (Å²) in [5, 5.41) is 3.41. The second-order valence-corrected chi connectivity index (χ2v) is 6.06. The molecule has 0 spiro atoms. The van der Waals surface area contributed by atoms with Crippen molar-refractivity contribution >= 4 is 21.9 Å². The van der Waals surface area contributed by atoms with E-state index in [0.29, 0.717) is 0 Å².